The Morgan fingerprint density at radius 2 is 1.68 bits per heavy atom. The van der Waals surface area contributed by atoms with Crippen LogP contribution in [0.3, 0.4) is 0 Å². The smallest absolute Gasteiger partial charge is 0.169 e. The van der Waals surface area contributed by atoms with Gasteiger partial charge in [-0.1, -0.05) is 0 Å². The summed E-state index contributed by atoms with van der Waals surface area (Å²) in [6.45, 7) is 3.21. The molecule has 0 bridgehead atoms. The number of rotatable bonds is 7. The third-order valence-corrected chi connectivity index (χ3v) is 3.35. The molecule has 1 fully saturated rings. The highest BCUT2D eigenvalue weighted by Crippen LogP contribution is 2.22. The lowest BCUT2D eigenvalue weighted by Gasteiger charge is -2.24. The van der Waals surface area contributed by atoms with Crippen molar-refractivity contribution in [3.8, 4) is 12.1 Å². The van der Waals surface area contributed by atoms with E-state index < -0.39 is 0 Å². The Labute approximate surface area is 119 Å². The largest absolute Gasteiger partial charge is 0.396 e. The first-order valence-electron chi connectivity index (χ1n) is 6.49. The molecule has 0 atom stereocenters. The van der Waals surface area contributed by atoms with Crippen LogP contribution in [-0.4, -0.2) is 53.6 Å². The molecule has 0 aliphatic carbocycles. The molecule has 0 amide bonds. The lowest BCUT2D eigenvalue weighted by Crippen LogP contribution is -2.27. The van der Waals surface area contributed by atoms with Crippen molar-refractivity contribution in [1.82, 2.24) is 9.80 Å². The van der Waals surface area contributed by atoms with Gasteiger partial charge in [0.25, 0.3) is 0 Å². The minimum absolute atomic E-state index is 0.116. The molecule has 1 heterocycles. The van der Waals surface area contributed by atoms with Crippen LogP contribution in [0.4, 0.5) is 0 Å². The Morgan fingerprint density at radius 1 is 1.11 bits per heavy atom. The second kappa shape index (κ2) is 8.63. The average Bonchev–Trinajstić information content (AvgIpc) is 2.82. The van der Waals surface area contributed by atoms with E-state index in [4.69, 9.17) is 27.2 Å². The van der Waals surface area contributed by atoms with E-state index in [1.807, 2.05) is 17.0 Å². The zero-order valence-corrected chi connectivity index (χ0v) is 11.7. The molecule has 0 aromatic heterocycles. The molecule has 1 aliphatic rings. The van der Waals surface area contributed by atoms with Crippen molar-refractivity contribution in [3.63, 3.8) is 0 Å². The van der Waals surface area contributed by atoms with Crippen molar-refractivity contribution in [1.29, 1.82) is 10.5 Å². The molecule has 0 saturated carbocycles. The van der Waals surface area contributed by atoms with Crippen LogP contribution in [0, 0.1) is 22.7 Å². The van der Waals surface area contributed by atoms with Gasteiger partial charge < -0.3 is 14.9 Å². The second-order valence-corrected chi connectivity index (χ2v) is 4.75. The first-order chi connectivity index (χ1) is 9.28. The topological polar surface area (TPSA) is 74.3 Å². The number of hydrogen-bond donors (Lipinski definition) is 1. The van der Waals surface area contributed by atoms with Gasteiger partial charge in [0.2, 0.25) is 0 Å². The van der Waals surface area contributed by atoms with Gasteiger partial charge in [-0.2, -0.15) is 10.5 Å². The van der Waals surface area contributed by atoms with Gasteiger partial charge >= 0.3 is 0 Å². The van der Waals surface area contributed by atoms with Gasteiger partial charge in [-0.3, -0.25) is 0 Å². The highest BCUT2D eigenvalue weighted by atomic mass is 35.5. The number of aliphatic hydroxyl groups is 1. The van der Waals surface area contributed by atoms with Crippen molar-refractivity contribution in [2.45, 2.75) is 19.3 Å². The van der Waals surface area contributed by atoms with E-state index in [0.717, 1.165) is 32.5 Å². The van der Waals surface area contributed by atoms with Crippen LogP contribution in [0.15, 0.2) is 11.4 Å². The standard InChI is InChI=1S/C13H19ClN4O/c14-4-1-2-5-17-7-8-18(6-3-9-19)13(17)12(10-15)11-16/h19H,1-9H2. The highest BCUT2D eigenvalue weighted by molar-refractivity contribution is 6.17. The predicted octanol–water partition coefficient (Wildman–Crippen LogP) is 1.26. The lowest BCUT2D eigenvalue weighted by molar-refractivity contribution is 0.254. The number of nitriles is 2. The van der Waals surface area contributed by atoms with Crippen LogP contribution in [-0.2, 0) is 0 Å². The molecule has 1 saturated heterocycles. The third-order valence-electron chi connectivity index (χ3n) is 3.08. The van der Waals surface area contributed by atoms with Gasteiger partial charge in [0, 0.05) is 38.7 Å². The zero-order chi connectivity index (χ0) is 14.1. The Hall–Kier alpha value is -1.43. The molecule has 6 heteroatoms. The van der Waals surface area contributed by atoms with Crippen LogP contribution in [0.1, 0.15) is 19.3 Å². The molecule has 0 aromatic rings. The monoisotopic (exact) mass is 282 g/mol. The zero-order valence-electron chi connectivity index (χ0n) is 11.0. The predicted molar refractivity (Wildman–Crippen MR) is 73.1 cm³/mol. The third kappa shape index (κ3) is 4.31. The Morgan fingerprint density at radius 3 is 2.16 bits per heavy atom. The SMILES string of the molecule is N#CC(C#N)=C1N(CCCO)CCN1CCCCCl. The minimum atomic E-state index is 0.116. The van der Waals surface area contributed by atoms with E-state index >= 15 is 0 Å². The molecule has 1 rings (SSSR count). The maximum absolute atomic E-state index is 9.06. The van der Waals surface area contributed by atoms with Gasteiger partial charge in [-0.15, -0.1) is 11.6 Å². The average molecular weight is 283 g/mol. The summed E-state index contributed by atoms with van der Waals surface area (Å²) in [5.74, 6) is 1.35. The Balaban J connectivity index is 2.80. The number of nitrogens with zero attached hydrogens (tertiary/aromatic N) is 4. The van der Waals surface area contributed by atoms with Gasteiger partial charge in [0.05, 0.1) is 0 Å². The highest BCUT2D eigenvalue weighted by Gasteiger charge is 2.27. The van der Waals surface area contributed by atoms with E-state index in [0.29, 0.717) is 24.7 Å². The van der Waals surface area contributed by atoms with E-state index in [-0.39, 0.29) is 12.2 Å². The van der Waals surface area contributed by atoms with Crippen LogP contribution in [0.5, 0.6) is 0 Å². The summed E-state index contributed by atoms with van der Waals surface area (Å²) in [5, 5.41) is 27.0. The Bertz CT molecular complexity index is 380. The van der Waals surface area contributed by atoms with E-state index in [2.05, 4.69) is 4.90 Å². The second-order valence-electron chi connectivity index (χ2n) is 4.37. The molecule has 19 heavy (non-hydrogen) atoms. The van der Waals surface area contributed by atoms with Crippen LogP contribution in [0.2, 0.25) is 0 Å². The molecular formula is C13H19ClN4O. The van der Waals surface area contributed by atoms with Gasteiger partial charge in [0.15, 0.2) is 5.57 Å². The van der Waals surface area contributed by atoms with Crippen LogP contribution in [0.25, 0.3) is 0 Å². The molecule has 0 radical (unpaired) electrons. The minimum Gasteiger partial charge on any atom is -0.396 e. The normalized spacial score (nSPS) is 14.4. The van der Waals surface area contributed by atoms with E-state index in [1.165, 1.54) is 0 Å². The molecule has 0 unspecified atom stereocenters. The maximum Gasteiger partial charge on any atom is 0.169 e. The summed E-state index contributed by atoms with van der Waals surface area (Å²) in [7, 11) is 0. The van der Waals surface area contributed by atoms with Crippen molar-refractivity contribution in [2.24, 2.45) is 0 Å². The number of hydrogen-bond acceptors (Lipinski definition) is 5. The number of aliphatic hydroxyl groups excluding tert-OH is 1. The fourth-order valence-corrected chi connectivity index (χ4v) is 2.38. The van der Waals surface area contributed by atoms with E-state index in [1.54, 1.807) is 0 Å². The summed E-state index contributed by atoms with van der Waals surface area (Å²) in [6.07, 6.45) is 2.52. The number of alkyl halides is 1. The maximum atomic E-state index is 9.06. The molecule has 0 spiro atoms. The van der Waals surface area contributed by atoms with Crippen LogP contribution < -0.4 is 0 Å². The molecular weight excluding hydrogens is 264 g/mol. The van der Waals surface area contributed by atoms with Crippen molar-refractivity contribution in [2.75, 3.05) is 38.7 Å². The molecule has 104 valence electrons. The van der Waals surface area contributed by atoms with Crippen molar-refractivity contribution < 1.29 is 5.11 Å². The van der Waals surface area contributed by atoms with Gasteiger partial charge in [-0.25, -0.2) is 0 Å². The van der Waals surface area contributed by atoms with Crippen molar-refractivity contribution in [3.05, 3.63) is 11.4 Å². The number of halogens is 1. The first kappa shape index (κ1) is 15.6. The first-order valence-corrected chi connectivity index (χ1v) is 7.03. The molecule has 0 aromatic carbocycles. The molecule has 1 aliphatic heterocycles. The number of allylic oxidation sites excluding steroid dienone is 1. The summed E-state index contributed by atoms with van der Waals surface area (Å²) >= 11 is 5.66. The fourth-order valence-electron chi connectivity index (χ4n) is 2.19. The van der Waals surface area contributed by atoms with E-state index in [9.17, 15) is 0 Å². The summed E-state index contributed by atoms with van der Waals surface area (Å²) in [4.78, 5) is 4.09. The van der Waals surface area contributed by atoms with Gasteiger partial charge in [0.1, 0.15) is 18.0 Å². The summed E-state index contributed by atoms with van der Waals surface area (Å²) in [6, 6.07) is 3.93. The number of unbranched alkanes of at least 4 members (excludes halogenated alkanes) is 1. The van der Waals surface area contributed by atoms with Gasteiger partial charge in [-0.05, 0) is 19.3 Å². The van der Waals surface area contributed by atoms with Crippen LogP contribution >= 0.6 is 11.6 Å². The summed E-state index contributed by atoms with van der Waals surface area (Å²) in [5.41, 5.74) is 0.154. The summed E-state index contributed by atoms with van der Waals surface area (Å²) < 4.78 is 0. The fraction of sp³-hybridized carbons (Fsp3) is 0.692. The Kier molecular flexibility index (Phi) is 7.10. The quantitative estimate of drug-likeness (QED) is 0.432. The lowest BCUT2D eigenvalue weighted by atomic mass is 10.2. The molecule has 5 nitrogen and oxygen atoms in total. The molecule has 1 N–H and O–H groups in total. The van der Waals surface area contributed by atoms with Crippen molar-refractivity contribution >= 4 is 11.6 Å².